The number of amides is 1. The van der Waals surface area contributed by atoms with Gasteiger partial charge in [0.25, 0.3) is 5.91 Å². The third-order valence-corrected chi connectivity index (χ3v) is 5.44. The summed E-state index contributed by atoms with van der Waals surface area (Å²) in [7, 11) is 4.05. The van der Waals surface area contributed by atoms with Crippen molar-refractivity contribution in [1.82, 2.24) is 4.90 Å². The Morgan fingerprint density at radius 3 is 2.66 bits per heavy atom. The van der Waals surface area contributed by atoms with Gasteiger partial charge < -0.3 is 14.2 Å². The van der Waals surface area contributed by atoms with Crippen LogP contribution in [-0.2, 0) is 0 Å². The molecule has 0 saturated carbocycles. The first-order chi connectivity index (χ1) is 13.9. The maximum atomic E-state index is 14.7. The predicted molar refractivity (Wildman–Crippen MR) is 109 cm³/mol. The van der Waals surface area contributed by atoms with Gasteiger partial charge in [-0.05, 0) is 24.3 Å². The minimum absolute atomic E-state index is 0.0183. The summed E-state index contributed by atoms with van der Waals surface area (Å²) in [4.78, 5) is 29.3. The van der Waals surface area contributed by atoms with Gasteiger partial charge in [-0.15, -0.1) is 0 Å². The molecular formula is C22H21ClFN2O3+. The van der Waals surface area contributed by atoms with E-state index in [9.17, 15) is 14.0 Å². The fourth-order valence-electron chi connectivity index (χ4n) is 3.85. The Morgan fingerprint density at radius 2 is 1.93 bits per heavy atom. The normalized spacial score (nSPS) is 16.1. The van der Waals surface area contributed by atoms with Gasteiger partial charge in [0.15, 0.2) is 5.43 Å². The number of quaternary nitrogens is 1. The molecule has 0 spiro atoms. The van der Waals surface area contributed by atoms with Crippen LogP contribution in [0.4, 0.5) is 4.39 Å². The van der Waals surface area contributed by atoms with E-state index in [0.29, 0.717) is 23.6 Å². The van der Waals surface area contributed by atoms with E-state index in [1.165, 1.54) is 21.9 Å². The average Bonchev–Trinajstić information content (AvgIpc) is 2.95. The summed E-state index contributed by atoms with van der Waals surface area (Å²) in [6.45, 7) is 1.23. The van der Waals surface area contributed by atoms with Crippen molar-refractivity contribution in [2.45, 2.75) is 12.5 Å². The number of benzene rings is 2. The maximum Gasteiger partial charge on any atom is 0.290 e. The van der Waals surface area contributed by atoms with Crippen LogP contribution in [0.5, 0.6) is 0 Å². The topological polar surface area (TPSA) is 55.0 Å². The van der Waals surface area contributed by atoms with Crippen molar-refractivity contribution in [3.63, 3.8) is 0 Å². The molecule has 2 aromatic carbocycles. The molecule has 1 atom stereocenters. The van der Waals surface area contributed by atoms with Gasteiger partial charge in [0.1, 0.15) is 11.4 Å². The molecular weight excluding hydrogens is 395 g/mol. The number of hydrogen-bond acceptors (Lipinski definition) is 3. The van der Waals surface area contributed by atoms with Gasteiger partial charge in [-0.1, -0.05) is 29.8 Å². The molecule has 1 N–H and O–H groups in total. The molecule has 2 heterocycles. The summed E-state index contributed by atoms with van der Waals surface area (Å²) in [5.74, 6) is -0.877. The zero-order chi connectivity index (χ0) is 20.7. The lowest BCUT2D eigenvalue weighted by atomic mass is 9.98. The van der Waals surface area contributed by atoms with E-state index >= 15 is 0 Å². The fourth-order valence-corrected chi connectivity index (χ4v) is 4.02. The molecule has 1 amide bonds. The van der Waals surface area contributed by atoms with E-state index in [-0.39, 0.29) is 27.7 Å². The molecule has 7 heteroatoms. The Labute approximate surface area is 172 Å². The van der Waals surface area contributed by atoms with Crippen LogP contribution >= 0.6 is 11.6 Å². The third kappa shape index (κ3) is 3.43. The Balaban J connectivity index is 1.91. The van der Waals surface area contributed by atoms with E-state index in [4.69, 9.17) is 16.0 Å². The summed E-state index contributed by atoms with van der Waals surface area (Å²) in [5, 5.41) is 0.673. The van der Waals surface area contributed by atoms with E-state index in [1.807, 2.05) is 14.1 Å². The summed E-state index contributed by atoms with van der Waals surface area (Å²) < 4.78 is 20.5. The monoisotopic (exact) mass is 415 g/mol. The van der Waals surface area contributed by atoms with Crippen LogP contribution in [-0.4, -0.2) is 38.0 Å². The number of carbonyl (C=O) groups is 1. The van der Waals surface area contributed by atoms with Gasteiger partial charge in [0.05, 0.1) is 37.6 Å². The van der Waals surface area contributed by atoms with Gasteiger partial charge in [0, 0.05) is 23.6 Å². The summed E-state index contributed by atoms with van der Waals surface area (Å²) >= 11 is 6.06. The lowest BCUT2D eigenvalue weighted by Crippen LogP contribution is -3.05. The van der Waals surface area contributed by atoms with Crippen molar-refractivity contribution in [3.05, 3.63) is 80.4 Å². The number of rotatable bonds is 5. The van der Waals surface area contributed by atoms with Crippen LogP contribution in [0.3, 0.4) is 0 Å². The molecule has 29 heavy (non-hydrogen) atoms. The highest BCUT2D eigenvalue weighted by Gasteiger charge is 2.43. The minimum atomic E-state index is -0.824. The van der Waals surface area contributed by atoms with Crippen molar-refractivity contribution < 1.29 is 18.5 Å². The third-order valence-electron chi connectivity index (χ3n) is 5.20. The second-order valence-corrected chi connectivity index (χ2v) is 7.98. The number of halogens is 2. The van der Waals surface area contributed by atoms with Crippen molar-refractivity contribution in [2.75, 3.05) is 27.2 Å². The lowest BCUT2D eigenvalue weighted by Gasteiger charge is -2.25. The standard InChI is InChI=1S/C22H20ClFN2O3/c1-25(2)10-5-11-26-19(14-6-3-4-7-16(14)24)18-20(27)15-12-13(23)8-9-17(15)29-21(18)22(26)28/h3-4,6-9,12,19H,5,10-11H2,1-2H3/p+1/t19-/m1/s1. The van der Waals surface area contributed by atoms with Gasteiger partial charge in [0.2, 0.25) is 5.76 Å². The van der Waals surface area contributed by atoms with Gasteiger partial charge in [-0.25, -0.2) is 4.39 Å². The molecule has 0 saturated heterocycles. The van der Waals surface area contributed by atoms with Crippen molar-refractivity contribution in [3.8, 4) is 0 Å². The minimum Gasteiger partial charge on any atom is -0.450 e. The largest absolute Gasteiger partial charge is 0.450 e. The molecule has 0 aliphatic carbocycles. The smallest absolute Gasteiger partial charge is 0.290 e. The van der Waals surface area contributed by atoms with Gasteiger partial charge >= 0.3 is 0 Å². The molecule has 0 bridgehead atoms. The van der Waals surface area contributed by atoms with Crippen LogP contribution in [0.1, 0.15) is 34.1 Å². The van der Waals surface area contributed by atoms with Gasteiger partial charge in [-0.2, -0.15) is 0 Å². The van der Waals surface area contributed by atoms with Gasteiger partial charge in [-0.3, -0.25) is 9.59 Å². The van der Waals surface area contributed by atoms with E-state index in [1.54, 1.807) is 30.3 Å². The van der Waals surface area contributed by atoms with E-state index < -0.39 is 17.8 Å². The van der Waals surface area contributed by atoms with Crippen LogP contribution in [0, 0.1) is 5.82 Å². The van der Waals surface area contributed by atoms with Crippen LogP contribution < -0.4 is 10.3 Å². The van der Waals surface area contributed by atoms with Crippen molar-refractivity contribution in [1.29, 1.82) is 0 Å². The predicted octanol–water partition coefficient (Wildman–Crippen LogP) is 2.67. The zero-order valence-electron chi connectivity index (χ0n) is 16.2. The number of nitrogens with one attached hydrogen (secondary N) is 1. The molecule has 1 aliphatic heterocycles. The fraction of sp³-hybridized carbons (Fsp3) is 0.273. The summed E-state index contributed by atoms with van der Waals surface area (Å²) in [6, 6.07) is 10.1. The Morgan fingerprint density at radius 1 is 1.17 bits per heavy atom. The molecule has 150 valence electrons. The highest BCUT2D eigenvalue weighted by molar-refractivity contribution is 6.31. The Hall–Kier alpha value is -2.70. The quantitative estimate of drug-likeness (QED) is 0.697. The molecule has 1 aromatic heterocycles. The SMILES string of the molecule is C[NH+](C)CCCN1C(=O)c2oc3ccc(Cl)cc3c(=O)c2[C@H]1c1ccccc1F. The molecule has 0 unspecified atom stereocenters. The summed E-state index contributed by atoms with van der Waals surface area (Å²) in [5.41, 5.74) is 0.391. The highest BCUT2D eigenvalue weighted by atomic mass is 35.5. The summed E-state index contributed by atoms with van der Waals surface area (Å²) in [6.07, 6.45) is 0.715. The van der Waals surface area contributed by atoms with E-state index in [0.717, 1.165) is 6.54 Å². The molecule has 1 aliphatic rings. The first-order valence-corrected chi connectivity index (χ1v) is 9.87. The number of carbonyl (C=O) groups excluding carboxylic acids is 1. The lowest BCUT2D eigenvalue weighted by molar-refractivity contribution is -0.858. The average molecular weight is 416 g/mol. The van der Waals surface area contributed by atoms with Crippen LogP contribution in [0.15, 0.2) is 51.7 Å². The van der Waals surface area contributed by atoms with E-state index in [2.05, 4.69) is 0 Å². The van der Waals surface area contributed by atoms with Crippen LogP contribution in [0.25, 0.3) is 11.0 Å². The first kappa shape index (κ1) is 19.6. The second-order valence-electron chi connectivity index (χ2n) is 7.55. The molecule has 0 fully saturated rings. The molecule has 0 radical (unpaired) electrons. The number of fused-ring (bicyclic) bond motifs is 2. The first-order valence-electron chi connectivity index (χ1n) is 9.49. The highest BCUT2D eigenvalue weighted by Crippen LogP contribution is 2.39. The molecule has 5 nitrogen and oxygen atoms in total. The number of hydrogen-bond donors (Lipinski definition) is 1. The molecule has 3 aromatic rings. The molecule has 4 rings (SSSR count). The second kappa shape index (κ2) is 7.61. The Kier molecular flexibility index (Phi) is 5.15. The maximum absolute atomic E-state index is 14.7. The zero-order valence-corrected chi connectivity index (χ0v) is 16.9. The van der Waals surface area contributed by atoms with Crippen molar-refractivity contribution >= 4 is 28.5 Å². The Bertz CT molecular complexity index is 1160. The number of nitrogens with zero attached hydrogens (tertiary/aromatic N) is 1. The van der Waals surface area contributed by atoms with Crippen molar-refractivity contribution in [2.24, 2.45) is 0 Å². The van der Waals surface area contributed by atoms with Crippen LogP contribution in [0.2, 0.25) is 5.02 Å².